The van der Waals surface area contributed by atoms with Crippen LogP contribution in [0.15, 0.2) is 122 Å². The molecule has 4 aromatic carbocycles. The molecule has 148 valence electrons. The van der Waals surface area contributed by atoms with Gasteiger partial charge in [-0.15, -0.1) is 0 Å². The molecular weight excluding hydrogens is 380 g/mol. The molecular formula is C28H20N2O. The van der Waals surface area contributed by atoms with E-state index in [1.54, 1.807) is 6.33 Å². The van der Waals surface area contributed by atoms with Crippen molar-refractivity contribution in [1.82, 2.24) is 9.97 Å². The lowest BCUT2D eigenvalue weighted by molar-refractivity contribution is 0.483. The normalized spacial score (nSPS) is 10.6. The third-order valence-electron chi connectivity index (χ3n) is 5.14. The lowest BCUT2D eigenvalue weighted by atomic mass is 9.88. The Kier molecular flexibility index (Phi) is 5.23. The molecule has 0 fully saturated rings. The number of aromatic nitrogens is 2. The summed E-state index contributed by atoms with van der Waals surface area (Å²) in [6.07, 6.45) is 5.26. The van der Waals surface area contributed by atoms with Crippen molar-refractivity contribution in [3.8, 4) is 44.9 Å². The van der Waals surface area contributed by atoms with Gasteiger partial charge in [0.05, 0.1) is 0 Å². The smallest absolute Gasteiger partial charge is 0.127 e. The van der Waals surface area contributed by atoms with E-state index >= 15 is 0 Å². The Labute approximate surface area is 181 Å². The molecule has 0 radical (unpaired) electrons. The summed E-state index contributed by atoms with van der Waals surface area (Å²) < 4.78 is 5.98. The van der Waals surface area contributed by atoms with Gasteiger partial charge >= 0.3 is 0 Å². The number of para-hydroxylation sites is 1. The third kappa shape index (κ3) is 4.07. The van der Waals surface area contributed by atoms with Crippen LogP contribution in [0, 0.1) is 0 Å². The summed E-state index contributed by atoms with van der Waals surface area (Å²) in [4.78, 5) is 8.46. The van der Waals surface area contributed by atoms with Crippen molar-refractivity contribution < 1.29 is 4.74 Å². The number of rotatable bonds is 5. The summed E-state index contributed by atoms with van der Waals surface area (Å²) in [7, 11) is 0. The summed E-state index contributed by atoms with van der Waals surface area (Å²) in [6, 6.07) is 34.8. The molecule has 1 aromatic heterocycles. The van der Waals surface area contributed by atoms with E-state index in [4.69, 9.17) is 4.74 Å². The van der Waals surface area contributed by atoms with E-state index in [1.165, 1.54) is 11.1 Å². The largest absolute Gasteiger partial charge is 0.457 e. The zero-order valence-electron chi connectivity index (χ0n) is 16.8. The molecule has 0 saturated heterocycles. The highest BCUT2D eigenvalue weighted by molar-refractivity contribution is 5.94. The van der Waals surface area contributed by atoms with E-state index in [2.05, 4.69) is 64.6 Å². The van der Waals surface area contributed by atoms with E-state index < -0.39 is 0 Å². The Hall–Kier alpha value is -4.24. The van der Waals surface area contributed by atoms with Gasteiger partial charge in [0.1, 0.15) is 17.8 Å². The van der Waals surface area contributed by atoms with Gasteiger partial charge < -0.3 is 4.74 Å². The maximum absolute atomic E-state index is 5.98. The van der Waals surface area contributed by atoms with Crippen LogP contribution in [0.2, 0.25) is 0 Å². The SMILES string of the molecule is c1ccc(Oc2ccc(-c3c(-c4ccccc4)cccc3-c3cncnc3)cc2)cc1. The summed E-state index contributed by atoms with van der Waals surface area (Å²) in [5.41, 5.74) is 6.67. The molecule has 5 rings (SSSR count). The second kappa shape index (κ2) is 8.64. The minimum absolute atomic E-state index is 0.803. The Morgan fingerprint density at radius 1 is 0.452 bits per heavy atom. The van der Waals surface area contributed by atoms with Gasteiger partial charge in [-0.3, -0.25) is 0 Å². The molecule has 5 aromatic rings. The highest BCUT2D eigenvalue weighted by Crippen LogP contribution is 2.40. The number of nitrogens with zero attached hydrogens (tertiary/aromatic N) is 2. The zero-order valence-corrected chi connectivity index (χ0v) is 16.8. The lowest BCUT2D eigenvalue weighted by Gasteiger charge is -2.16. The monoisotopic (exact) mass is 400 g/mol. The van der Waals surface area contributed by atoms with Crippen molar-refractivity contribution in [3.05, 3.63) is 122 Å². The van der Waals surface area contributed by atoms with Crippen LogP contribution >= 0.6 is 0 Å². The van der Waals surface area contributed by atoms with Gasteiger partial charge in [0.25, 0.3) is 0 Å². The maximum Gasteiger partial charge on any atom is 0.127 e. The molecule has 0 bridgehead atoms. The molecule has 1 heterocycles. The van der Waals surface area contributed by atoms with Gasteiger partial charge in [-0.05, 0) is 52.1 Å². The first-order valence-corrected chi connectivity index (χ1v) is 10.2. The second-order valence-electron chi connectivity index (χ2n) is 7.16. The Balaban J connectivity index is 1.61. The topological polar surface area (TPSA) is 35.0 Å². The maximum atomic E-state index is 5.98. The van der Waals surface area contributed by atoms with Crippen molar-refractivity contribution in [3.63, 3.8) is 0 Å². The number of hydrogen-bond donors (Lipinski definition) is 0. The molecule has 0 atom stereocenters. The minimum atomic E-state index is 0.803. The molecule has 0 spiro atoms. The Bertz CT molecular complexity index is 1210. The molecule has 3 nitrogen and oxygen atoms in total. The molecule has 0 N–H and O–H groups in total. The molecule has 3 heteroatoms. The molecule has 0 saturated carbocycles. The Morgan fingerprint density at radius 3 is 1.71 bits per heavy atom. The van der Waals surface area contributed by atoms with Crippen molar-refractivity contribution in [1.29, 1.82) is 0 Å². The van der Waals surface area contributed by atoms with E-state index in [9.17, 15) is 0 Å². The standard InChI is InChI=1S/C28H20N2O/c1-3-8-21(9-4-1)26-12-7-13-27(23-18-29-20-30-19-23)28(26)22-14-16-25(17-15-22)31-24-10-5-2-6-11-24/h1-20H. The highest BCUT2D eigenvalue weighted by atomic mass is 16.5. The van der Waals surface area contributed by atoms with Crippen molar-refractivity contribution in [2.75, 3.05) is 0 Å². The van der Waals surface area contributed by atoms with Gasteiger partial charge in [0, 0.05) is 18.0 Å². The highest BCUT2D eigenvalue weighted by Gasteiger charge is 2.14. The first kappa shape index (κ1) is 18.8. The molecule has 31 heavy (non-hydrogen) atoms. The summed E-state index contributed by atoms with van der Waals surface area (Å²) in [5.74, 6) is 1.62. The van der Waals surface area contributed by atoms with Crippen LogP contribution < -0.4 is 4.74 Å². The fourth-order valence-electron chi connectivity index (χ4n) is 3.71. The Morgan fingerprint density at radius 2 is 1.03 bits per heavy atom. The van der Waals surface area contributed by atoms with Gasteiger partial charge in [0.15, 0.2) is 0 Å². The first-order chi connectivity index (χ1) is 15.4. The predicted octanol–water partition coefficient (Wildman–Crippen LogP) is 7.27. The number of hydrogen-bond acceptors (Lipinski definition) is 3. The third-order valence-corrected chi connectivity index (χ3v) is 5.14. The fourth-order valence-corrected chi connectivity index (χ4v) is 3.71. The zero-order chi connectivity index (χ0) is 20.9. The molecule has 0 aliphatic carbocycles. The quantitative estimate of drug-likeness (QED) is 0.311. The van der Waals surface area contributed by atoms with E-state index in [0.29, 0.717) is 0 Å². The van der Waals surface area contributed by atoms with Gasteiger partial charge in [-0.2, -0.15) is 0 Å². The van der Waals surface area contributed by atoms with Crippen molar-refractivity contribution in [2.45, 2.75) is 0 Å². The van der Waals surface area contributed by atoms with Crippen LogP contribution in [-0.4, -0.2) is 9.97 Å². The fraction of sp³-hybridized carbons (Fsp3) is 0. The van der Waals surface area contributed by atoms with Crippen LogP contribution in [0.25, 0.3) is 33.4 Å². The number of benzene rings is 4. The van der Waals surface area contributed by atoms with Crippen molar-refractivity contribution >= 4 is 0 Å². The van der Waals surface area contributed by atoms with Crippen LogP contribution in [0.3, 0.4) is 0 Å². The summed E-state index contributed by atoms with van der Waals surface area (Å²) >= 11 is 0. The summed E-state index contributed by atoms with van der Waals surface area (Å²) in [5, 5.41) is 0. The van der Waals surface area contributed by atoms with E-state index in [-0.39, 0.29) is 0 Å². The first-order valence-electron chi connectivity index (χ1n) is 10.2. The van der Waals surface area contributed by atoms with Crippen LogP contribution in [0.5, 0.6) is 11.5 Å². The predicted molar refractivity (Wildman–Crippen MR) is 125 cm³/mol. The van der Waals surface area contributed by atoms with E-state index in [0.717, 1.165) is 33.8 Å². The second-order valence-corrected chi connectivity index (χ2v) is 7.16. The lowest BCUT2D eigenvalue weighted by Crippen LogP contribution is -1.92. The van der Waals surface area contributed by atoms with Crippen molar-refractivity contribution in [2.24, 2.45) is 0 Å². The van der Waals surface area contributed by atoms with Crippen LogP contribution in [0.4, 0.5) is 0 Å². The molecule has 0 amide bonds. The number of ether oxygens (including phenoxy) is 1. The molecule has 0 aliphatic heterocycles. The molecule has 0 aliphatic rings. The minimum Gasteiger partial charge on any atom is -0.457 e. The van der Waals surface area contributed by atoms with Gasteiger partial charge in [-0.25, -0.2) is 9.97 Å². The van der Waals surface area contributed by atoms with E-state index in [1.807, 2.05) is 60.9 Å². The average molecular weight is 400 g/mol. The summed E-state index contributed by atoms with van der Waals surface area (Å²) in [6.45, 7) is 0. The van der Waals surface area contributed by atoms with Crippen LogP contribution in [0.1, 0.15) is 0 Å². The molecule has 0 unspecified atom stereocenters. The van der Waals surface area contributed by atoms with Gasteiger partial charge in [-0.1, -0.05) is 78.9 Å². The van der Waals surface area contributed by atoms with Gasteiger partial charge in [0.2, 0.25) is 0 Å². The van der Waals surface area contributed by atoms with Crippen LogP contribution in [-0.2, 0) is 0 Å². The average Bonchev–Trinajstić information content (AvgIpc) is 2.86.